The van der Waals surface area contributed by atoms with Crippen LogP contribution in [0.15, 0.2) is 29.2 Å². The maximum absolute atomic E-state index is 11.1. The van der Waals surface area contributed by atoms with Gasteiger partial charge in [-0.15, -0.1) is 0 Å². The minimum atomic E-state index is -3.59. The second kappa shape index (κ2) is 3.68. The lowest BCUT2D eigenvalue weighted by Crippen LogP contribution is -2.37. The van der Waals surface area contributed by atoms with Crippen LogP contribution in [0, 0.1) is 0 Å². The summed E-state index contributed by atoms with van der Waals surface area (Å²) in [5.41, 5.74) is 0. The van der Waals surface area contributed by atoms with Gasteiger partial charge in [0.1, 0.15) is 0 Å². The zero-order chi connectivity index (χ0) is 11.0. The van der Waals surface area contributed by atoms with E-state index in [0.29, 0.717) is 0 Å². The minimum Gasteiger partial charge on any atom is -0.207 e. The predicted octanol–water partition coefficient (Wildman–Crippen LogP) is 2.16. The number of hydrogen-bond donors (Lipinski definition) is 0. The van der Waals surface area contributed by atoms with Gasteiger partial charge in [0, 0.05) is 10.7 Å². The Morgan fingerprint density at radius 1 is 1.21 bits per heavy atom. The molecule has 0 bridgehead atoms. The first kappa shape index (κ1) is 11.7. The van der Waals surface area contributed by atoms with Crippen molar-refractivity contribution in [1.29, 1.82) is 0 Å². The molecule has 0 saturated carbocycles. The standard InChI is InChI=1S/C9H13ClO2SSi/c1-14(2,3)9-6-4-5-8(7-9)13(10,11)12/h4-7H,1-3H3. The van der Waals surface area contributed by atoms with Gasteiger partial charge in [-0.3, -0.25) is 0 Å². The van der Waals surface area contributed by atoms with Crippen molar-refractivity contribution < 1.29 is 8.42 Å². The van der Waals surface area contributed by atoms with E-state index in [2.05, 4.69) is 19.6 Å². The molecule has 0 N–H and O–H groups in total. The molecule has 78 valence electrons. The van der Waals surface area contributed by atoms with Crippen molar-refractivity contribution >= 4 is 33.0 Å². The fourth-order valence-corrected chi connectivity index (χ4v) is 3.20. The van der Waals surface area contributed by atoms with Crippen molar-refractivity contribution in [2.45, 2.75) is 24.5 Å². The second-order valence-electron chi connectivity index (χ2n) is 4.22. The van der Waals surface area contributed by atoms with Gasteiger partial charge in [-0.1, -0.05) is 37.0 Å². The molecule has 0 fully saturated rings. The third kappa shape index (κ3) is 2.83. The summed E-state index contributed by atoms with van der Waals surface area (Å²) in [4.78, 5) is 0.194. The summed E-state index contributed by atoms with van der Waals surface area (Å²) >= 11 is 0. The van der Waals surface area contributed by atoms with Gasteiger partial charge in [-0.25, -0.2) is 8.42 Å². The van der Waals surface area contributed by atoms with E-state index in [9.17, 15) is 8.42 Å². The highest BCUT2D eigenvalue weighted by molar-refractivity contribution is 8.13. The van der Waals surface area contributed by atoms with Gasteiger partial charge in [-0.2, -0.15) is 0 Å². The third-order valence-corrected chi connectivity index (χ3v) is 5.38. The normalized spacial score (nSPS) is 12.9. The summed E-state index contributed by atoms with van der Waals surface area (Å²) in [6.45, 7) is 6.48. The van der Waals surface area contributed by atoms with Gasteiger partial charge < -0.3 is 0 Å². The quantitative estimate of drug-likeness (QED) is 0.594. The van der Waals surface area contributed by atoms with Gasteiger partial charge in [-0.05, 0) is 12.1 Å². The first-order valence-corrected chi connectivity index (χ1v) is 10.1. The minimum absolute atomic E-state index is 0.194. The topological polar surface area (TPSA) is 34.1 Å². The Morgan fingerprint density at radius 3 is 2.21 bits per heavy atom. The van der Waals surface area contributed by atoms with Crippen molar-refractivity contribution in [3.63, 3.8) is 0 Å². The molecule has 0 radical (unpaired) electrons. The van der Waals surface area contributed by atoms with E-state index in [1.165, 1.54) is 6.07 Å². The van der Waals surface area contributed by atoms with Crippen LogP contribution in [0.4, 0.5) is 0 Å². The van der Waals surface area contributed by atoms with E-state index in [4.69, 9.17) is 10.7 Å². The molecule has 0 saturated heterocycles. The largest absolute Gasteiger partial charge is 0.261 e. The first-order valence-electron chi connectivity index (χ1n) is 4.26. The Morgan fingerprint density at radius 2 is 1.79 bits per heavy atom. The summed E-state index contributed by atoms with van der Waals surface area (Å²) in [7, 11) is 0.211. The monoisotopic (exact) mass is 248 g/mol. The Labute approximate surface area is 90.3 Å². The Balaban J connectivity index is 3.29. The molecule has 0 aliphatic carbocycles. The Bertz CT molecular complexity index is 434. The van der Waals surface area contributed by atoms with Crippen molar-refractivity contribution in [3.8, 4) is 0 Å². The lowest BCUT2D eigenvalue weighted by Gasteiger charge is -2.16. The molecule has 5 heteroatoms. The van der Waals surface area contributed by atoms with Crippen LogP contribution in [0.1, 0.15) is 0 Å². The molecule has 1 aromatic rings. The van der Waals surface area contributed by atoms with Crippen LogP contribution in [0.25, 0.3) is 0 Å². The molecule has 1 rings (SSSR count). The lowest BCUT2D eigenvalue weighted by atomic mass is 10.4. The molecule has 0 amide bonds. The summed E-state index contributed by atoms with van der Waals surface area (Å²) in [5, 5.41) is 1.10. The van der Waals surface area contributed by atoms with Gasteiger partial charge in [0.25, 0.3) is 9.05 Å². The van der Waals surface area contributed by atoms with Gasteiger partial charge >= 0.3 is 0 Å². The second-order valence-corrected chi connectivity index (χ2v) is 11.9. The zero-order valence-electron chi connectivity index (χ0n) is 8.41. The van der Waals surface area contributed by atoms with Crippen LogP contribution in [0.2, 0.25) is 19.6 Å². The van der Waals surface area contributed by atoms with Crippen molar-refractivity contribution in [1.82, 2.24) is 0 Å². The number of rotatable bonds is 2. The van der Waals surface area contributed by atoms with Crippen LogP contribution in [-0.2, 0) is 9.05 Å². The average Bonchev–Trinajstić information content (AvgIpc) is 2.01. The molecule has 2 nitrogen and oxygen atoms in total. The maximum Gasteiger partial charge on any atom is 0.261 e. The smallest absolute Gasteiger partial charge is 0.207 e. The molecular formula is C9H13ClO2SSi. The highest BCUT2D eigenvalue weighted by atomic mass is 35.7. The van der Waals surface area contributed by atoms with E-state index in [1.54, 1.807) is 12.1 Å². The molecule has 0 aromatic heterocycles. The molecule has 0 aliphatic rings. The molecule has 0 atom stereocenters. The fraction of sp³-hybridized carbons (Fsp3) is 0.333. The number of benzene rings is 1. The third-order valence-electron chi connectivity index (χ3n) is 1.98. The van der Waals surface area contributed by atoms with Crippen molar-refractivity contribution in [2.24, 2.45) is 0 Å². The van der Waals surface area contributed by atoms with Crippen molar-refractivity contribution in [2.75, 3.05) is 0 Å². The number of hydrogen-bond acceptors (Lipinski definition) is 2. The van der Waals surface area contributed by atoms with E-state index in [1.807, 2.05) is 6.07 Å². The van der Waals surface area contributed by atoms with Crippen LogP contribution >= 0.6 is 10.7 Å². The van der Waals surface area contributed by atoms with E-state index in [-0.39, 0.29) is 4.90 Å². The summed E-state index contributed by atoms with van der Waals surface area (Å²) < 4.78 is 22.2. The highest BCUT2D eigenvalue weighted by Crippen LogP contribution is 2.14. The molecular weight excluding hydrogens is 236 g/mol. The average molecular weight is 249 g/mol. The van der Waals surface area contributed by atoms with Gasteiger partial charge in [0.15, 0.2) is 0 Å². The van der Waals surface area contributed by atoms with Crippen LogP contribution < -0.4 is 5.19 Å². The van der Waals surface area contributed by atoms with Crippen LogP contribution in [0.3, 0.4) is 0 Å². The Hall–Kier alpha value is -0.323. The molecule has 0 spiro atoms. The molecule has 1 aromatic carbocycles. The fourth-order valence-electron chi connectivity index (χ4n) is 1.11. The number of halogens is 1. The molecule has 0 aliphatic heterocycles. The summed E-state index contributed by atoms with van der Waals surface area (Å²) in [6.07, 6.45) is 0. The lowest BCUT2D eigenvalue weighted by molar-refractivity contribution is 0.609. The Kier molecular flexibility index (Phi) is 3.09. The van der Waals surface area contributed by atoms with Gasteiger partial charge in [0.05, 0.1) is 13.0 Å². The van der Waals surface area contributed by atoms with E-state index >= 15 is 0 Å². The maximum atomic E-state index is 11.1. The summed E-state index contributed by atoms with van der Waals surface area (Å²) in [6, 6.07) is 6.89. The van der Waals surface area contributed by atoms with Gasteiger partial charge in [0.2, 0.25) is 0 Å². The predicted molar refractivity (Wildman–Crippen MR) is 62.5 cm³/mol. The van der Waals surface area contributed by atoms with E-state index < -0.39 is 17.1 Å². The van der Waals surface area contributed by atoms with Crippen molar-refractivity contribution in [3.05, 3.63) is 24.3 Å². The van der Waals surface area contributed by atoms with Crippen LogP contribution in [-0.4, -0.2) is 16.5 Å². The first-order chi connectivity index (χ1) is 6.21. The zero-order valence-corrected chi connectivity index (χ0v) is 11.0. The van der Waals surface area contributed by atoms with E-state index in [0.717, 1.165) is 5.19 Å². The molecule has 0 heterocycles. The summed E-state index contributed by atoms with van der Waals surface area (Å²) in [5.74, 6) is 0. The molecule has 14 heavy (non-hydrogen) atoms. The van der Waals surface area contributed by atoms with Crippen LogP contribution in [0.5, 0.6) is 0 Å². The molecule has 0 unspecified atom stereocenters. The SMILES string of the molecule is C[Si](C)(C)c1cccc(S(=O)(=O)Cl)c1. The highest BCUT2D eigenvalue weighted by Gasteiger charge is 2.18.